The van der Waals surface area contributed by atoms with E-state index in [-0.39, 0.29) is 0 Å². The largest absolute Gasteiger partial charge is 0.310 e. The molecule has 0 N–H and O–H groups in total. The van der Waals surface area contributed by atoms with Crippen molar-refractivity contribution in [3.63, 3.8) is 0 Å². The fourth-order valence-corrected chi connectivity index (χ4v) is 3.74. The first-order chi connectivity index (χ1) is 14.4. The van der Waals surface area contributed by atoms with Crippen molar-refractivity contribution in [2.75, 3.05) is 4.90 Å². The van der Waals surface area contributed by atoms with Crippen LogP contribution in [0.2, 0.25) is 0 Å². The second-order valence-electron chi connectivity index (χ2n) is 6.92. The van der Waals surface area contributed by atoms with Crippen molar-refractivity contribution in [1.82, 2.24) is 0 Å². The van der Waals surface area contributed by atoms with E-state index in [1.165, 1.54) is 22.4 Å². The number of nitrogens with zero attached hydrogens (tertiary/aromatic N) is 1. The van der Waals surface area contributed by atoms with Crippen molar-refractivity contribution in [2.24, 2.45) is 0 Å². The zero-order valence-corrected chi connectivity index (χ0v) is 16.7. The number of anilines is 2. The van der Waals surface area contributed by atoms with Crippen molar-refractivity contribution < 1.29 is 0 Å². The molecule has 4 aromatic carbocycles. The summed E-state index contributed by atoms with van der Waals surface area (Å²) < 4.78 is 0. The molecule has 4 rings (SSSR count). The summed E-state index contributed by atoms with van der Waals surface area (Å²) in [5.74, 6) is 0. The highest BCUT2D eigenvalue weighted by atomic mass is 15.2. The SMILES string of the molecule is CC/C(=C(/c1ccccc1)N(c1ccccc1)c1ccccc1)c1ccccc1. The lowest BCUT2D eigenvalue weighted by atomic mass is 9.95. The fourth-order valence-electron chi connectivity index (χ4n) is 3.74. The van der Waals surface area contributed by atoms with Gasteiger partial charge in [-0.25, -0.2) is 0 Å². The molecule has 0 aliphatic heterocycles. The molecule has 0 aromatic heterocycles. The highest BCUT2D eigenvalue weighted by molar-refractivity contribution is 6.01. The van der Waals surface area contributed by atoms with Crippen LogP contribution in [0.25, 0.3) is 11.3 Å². The summed E-state index contributed by atoms with van der Waals surface area (Å²) in [6, 6.07) is 42.6. The van der Waals surface area contributed by atoms with Crippen molar-refractivity contribution in [1.29, 1.82) is 0 Å². The average Bonchev–Trinajstić information content (AvgIpc) is 2.81. The van der Waals surface area contributed by atoms with E-state index in [2.05, 4.69) is 133 Å². The zero-order valence-electron chi connectivity index (χ0n) is 16.7. The summed E-state index contributed by atoms with van der Waals surface area (Å²) in [6.07, 6.45) is 0.935. The van der Waals surface area contributed by atoms with E-state index in [9.17, 15) is 0 Å². The highest BCUT2D eigenvalue weighted by Gasteiger charge is 2.20. The fraction of sp³-hybridized carbons (Fsp3) is 0.0714. The Kier molecular flexibility index (Phi) is 5.87. The van der Waals surface area contributed by atoms with Gasteiger partial charge in [0.2, 0.25) is 0 Å². The molecule has 0 unspecified atom stereocenters. The molecule has 0 spiro atoms. The van der Waals surface area contributed by atoms with Crippen LogP contribution in [-0.4, -0.2) is 0 Å². The summed E-state index contributed by atoms with van der Waals surface area (Å²) in [7, 11) is 0. The summed E-state index contributed by atoms with van der Waals surface area (Å²) in [4.78, 5) is 2.38. The number of para-hydroxylation sites is 2. The molecule has 0 saturated carbocycles. The van der Waals surface area contributed by atoms with Gasteiger partial charge in [-0.15, -0.1) is 0 Å². The number of allylic oxidation sites excluding steroid dienone is 1. The predicted molar refractivity (Wildman–Crippen MR) is 125 cm³/mol. The number of benzene rings is 4. The molecule has 4 aromatic rings. The van der Waals surface area contributed by atoms with Crippen molar-refractivity contribution in [3.8, 4) is 0 Å². The van der Waals surface area contributed by atoms with Crippen LogP contribution in [0.5, 0.6) is 0 Å². The summed E-state index contributed by atoms with van der Waals surface area (Å²) in [6.45, 7) is 2.24. The van der Waals surface area contributed by atoms with Crippen molar-refractivity contribution >= 4 is 22.6 Å². The lowest BCUT2D eigenvalue weighted by Gasteiger charge is -2.31. The van der Waals surface area contributed by atoms with E-state index in [1.54, 1.807) is 0 Å². The first kappa shape index (κ1) is 18.8. The molecule has 0 radical (unpaired) electrons. The van der Waals surface area contributed by atoms with Crippen LogP contribution < -0.4 is 4.90 Å². The Morgan fingerprint density at radius 2 is 0.897 bits per heavy atom. The van der Waals surface area contributed by atoms with Gasteiger partial charge in [-0.2, -0.15) is 0 Å². The second-order valence-corrected chi connectivity index (χ2v) is 6.92. The molecule has 1 heteroatoms. The number of hydrogen-bond donors (Lipinski definition) is 0. The minimum atomic E-state index is 0.935. The van der Waals surface area contributed by atoms with Crippen LogP contribution in [0.3, 0.4) is 0 Å². The normalized spacial score (nSPS) is 11.6. The van der Waals surface area contributed by atoms with Gasteiger partial charge in [0.25, 0.3) is 0 Å². The Bertz CT molecular complexity index is 1010. The smallest absolute Gasteiger partial charge is 0.0571 e. The third-order valence-corrected chi connectivity index (χ3v) is 5.06. The quantitative estimate of drug-likeness (QED) is 0.311. The molecule has 0 saturated heterocycles. The maximum atomic E-state index is 2.38. The second kappa shape index (κ2) is 9.07. The molecule has 0 amide bonds. The van der Waals surface area contributed by atoms with E-state index in [1.807, 2.05) is 0 Å². The van der Waals surface area contributed by atoms with Crippen LogP contribution in [0.15, 0.2) is 121 Å². The lowest BCUT2D eigenvalue weighted by molar-refractivity contribution is 1.21. The van der Waals surface area contributed by atoms with Gasteiger partial charge in [0.1, 0.15) is 0 Å². The Morgan fingerprint density at radius 3 is 1.31 bits per heavy atom. The molecule has 1 nitrogen and oxygen atoms in total. The topological polar surface area (TPSA) is 3.24 Å². The van der Waals surface area contributed by atoms with Gasteiger partial charge >= 0.3 is 0 Å². The minimum Gasteiger partial charge on any atom is -0.310 e. The van der Waals surface area contributed by atoms with E-state index >= 15 is 0 Å². The van der Waals surface area contributed by atoms with Gasteiger partial charge in [0, 0.05) is 11.4 Å². The Labute approximate surface area is 173 Å². The Balaban J connectivity index is 2.04. The number of hydrogen-bond acceptors (Lipinski definition) is 1. The molecular formula is C28H25N. The first-order valence-electron chi connectivity index (χ1n) is 10.1. The van der Waals surface area contributed by atoms with Crippen LogP contribution in [0.1, 0.15) is 24.5 Å². The molecule has 0 fully saturated rings. The number of rotatable bonds is 6. The standard InChI is InChI=1S/C28H25N/c1-2-27(23-15-7-3-8-16-23)28(24-17-9-4-10-18-24)29(25-19-11-5-12-20-25)26-21-13-6-14-22-26/h3-22H,2H2,1H3/b28-27+. The summed E-state index contributed by atoms with van der Waals surface area (Å²) in [5, 5.41) is 0. The van der Waals surface area contributed by atoms with Gasteiger partial charge in [0.15, 0.2) is 0 Å². The van der Waals surface area contributed by atoms with E-state index in [0.717, 1.165) is 17.8 Å². The molecule has 0 aliphatic rings. The van der Waals surface area contributed by atoms with Crippen LogP contribution >= 0.6 is 0 Å². The maximum absolute atomic E-state index is 2.38. The van der Waals surface area contributed by atoms with Crippen LogP contribution in [0.4, 0.5) is 11.4 Å². The predicted octanol–water partition coefficient (Wildman–Crippen LogP) is 7.80. The summed E-state index contributed by atoms with van der Waals surface area (Å²) >= 11 is 0. The summed E-state index contributed by atoms with van der Waals surface area (Å²) in [5.41, 5.74) is 7.31. The highest BCUT2D eigenvalue weighted by Crippen LogP contribution is 2.39. The molecule has 0 atom stereocenters. The van der Waals surface area contributed by atoms with E-state index in [4.69, 9.17) is 0 Å². The maximum Gasteiger partial charge on any atom is 0.0571 e. The van der Waals surface area contributed by atoms with E-state index < -0.39 is 0 Å². The van der Waals surface area contributed by atoms with Crippen molar-refractivity contribution in [3.05, 3.63) is 132 Å². The van der Waals surface area contributed by atoms with Gasteiger partial charge in [0.05, 0.1) is 5.70 Å². The monoisotopic (exact) mass is 375 g/mol. The van der Waals surface area contributed by atoms with E-state index in [0.29, 0.717) is 0 Å². The molecular weight excluding hydrogens is 350 g/mol. The van der Waals surface area contributed by atoms with Gasteiger partial charge in [-0.3, -0.25) is 0 Å². The molecule has 0 aliphatic carbocycles. The molecule has 0 bridgehead atoms. The average molecular weight is 376 g/mol. The zero-order chi connectivity index (χ0) is 19.9. The van der Waals surface area contributed by atoms with Crippen molar-refractivity contribution in [2.45, 2.75) is 13.3 Å². The van der Waals surface area contributed by atoms with Gasteiger partial charge < -0.3 is 4.90 Å². The Hall–Kier alpha value is -3.58. The molecule has 142 valence electrons. The third-order valence-electron chi connectivity index (χ3n) is 5.06. The van der Waals surface area contributed by atoms with Crippen LogP contribution in [-0.2, 0) is 0 Å². The third kappa shape index (κ3) is 4.14. The lowest BCUT2D eigenvalue weighted by Crippen LogP contribution is -2.17. The van der Waals surface area contributed by atoms with Crippen LogP contribution in [0, 0.1) is 0 Å². The van der Waals surface area contributed by atoms with Gasteiger partial charge in [-0.05, 0) is 47.4 Å². The first-order valence-corrected chi connectivity index (χ1v) is 10.1. The molecule has 29 heavy (non-hydrogen) atoms. The van der Waals surface area contributed by atoms with Gasteiger partial charge in [-0.1, -0.05) is 104 Å². The minimum absolute atomic E-state index is 0.935. The Morgan fingerprint density at radius 1 is 0.517 bits per heavy atom. The molecule has 0 heterocycles.